The van der Waals surface area contributed by atoms with Crippen molar-refractivity contribution in [3.8, 4) is 5.75 Å². The maximum Gasteiger partial charge on any atom is 0.573 e. The lowest BCUT2D eigenvalue weighted by atomic mass is 10.0. The molecule has 12 heteroatoms. The Kier molecular flexibility index (Phi) is 6.84. The number of alkyl halides is 3. The van der Waals surface area contributed by atoms with Crippen molar-refractivity contribution in [1.29, 1.82) is 0 Å². The Morgan fingerprint density at radius 2 is 1.78 bits per heavy atom. The number of benzene rings is 1. The zero-order chi connectivity index (χ0) is 26.8. The van der Waals surface area contributed by atoms with Crippen molar-refractivity contribution in [2.45, 2.75) is 38.7 Å². The lowest BCUT2D eigenvalue weighted by Gasteiger charge is -2.27. The third kappa shape index (κ3) is 5.68. The van der Waals surface area contributed by atoms with Gasteiger partial charge in [0.05, 0.1) is 17.8 Å². The van der Waals surface area contributed by atoms with Crippen LogP contribution in [0.4, 0.5) is 29.3 Å². The van der Waals surface area contributed by atoms with Crippen LogP contribution in [0, 0.1) is 0 Å². The first-order valence-corrected chi connectivity index (χ1v) is 11.1. The quantitative estimate of drug-likeness (QED) is 0.473. The van der Waals surface area contributed by atoms with E-state index in [0.717, 1.165) is 28.7 Å². The molecule has 4 amide bonds. The Hall–Kier alpha value is -4.48. The minimum Gasteiger partial charge on any atom is -0.404 e. The largest absolute Gasteiger partial charge is 0.573 e. The van der Waals surface area contributed by atoms with Gasteiger partial charge in [0.2, 0.25) is 5.91 Å². The Morgan fingerprint density at radius 1 is 1.05 bits per heavy atom. The summed E-state index contributed by atoms with van der Waals surface area (Å²) in [6.07, 6.45) is -0.662. The highest BCUT2D eigenvalue weighted by Gasteiger charge is 2.52. The molecule has 1 saturated heterocycles. The summed E-state index contributed by atoms with van der Waals surface area (Å²) >= 11 is 0. The second-order valence-electron chi connectivity index (χ2n) is 8.70. The normalized spacial score (nSPS) is 15.2. The van der Waals surface area contributed by atoms with Gasteiger partial charge in [0.15, 0.2) is 5.75 Å². The molecule has 1 aliphatic rings. The minimum absolute atomic E-state index is 0.0250. The van der Waals surface area contributed by atoms with E-state index in [1.165, 1.54) is 11.1 Å². The van der Waals surface area contributed by atoms with Gasteiger partial charge in [-0.15, -0.1) is 13.2 Å². The number of urea groups is 1. The first-order chi connectivity index (χ1) is 17.5. The van der Waals surface area contributed by atoms with Crippen LogP contribution >= 0.6 is 0 Å². The molecule has 9 nitrogen and oxygen atoms in total. The number of hydrogen-bond acceptors (Lipinski definition) is 6. The maximum absolute atomic E-state index is 13.3. The van der Waals surface area contributed by atoms with E-state index in [2.05, 4.69) is 20.0 Å². The van der Waals surface area contributed by atoms with Gasteiger partial charge in [0, 0.05) is 30.8 Å². The second-order valence-corrected chi connectivity index (χ2v) is 8.70. The SMILES string of the molecule is CC1(C)C(=O)N(c2ccc(OC(F)(F)F)c(NC(=O)Cc3ccccn3)c2)C(=O)N1Cc1ccncc1. The van der Waals surface area contributed by atoms with E-state index in [4.69, 9.17) is 0 Å². The van der Waals surface area contributed by atoms with Crippen molar-refractivity contribution < 1.29 is 32.3 Å². The molecule has 3 aromatic rings. The Balaban J connectivity index is 1.65. The van der Waals surface area contributed by atoms with Crippen LogP contribution in [-0.4, -0.2) is 44.6 Å². The fourth-order valence-electron chi connectivity index (χ4n) is 3.83. The average Bonchev–Trinajstić information content (AvgIpc) is 3.00. The molecule has 1 fully saturated rings. The van der Waals surface area contributed by atoms with Crippen LogP contribution in [0.5, 0.6) is 5.75 Å². The van der Waals surface area contributed by atoms with Gasteiger partial charge >= 0.3 is 12.4 Å². The molecular weight excluding hydrogens is 491 g/mol. The molecule has 4 rings (SSSR count). The second kappa shape index (κ2) is 9.88. The molecule has 1 aliphatic heterocycles. The number of carbonyl (C=O) groups excluding carboxylic acids is 3. The van der Waals surface area contributed by atoms with Crippen LogP contribution in [-0.2, 0) is 22.6 Å². The average molecular weight is 513 g/mol. The van der Waals surface area contributed by atoms with Crippen molar-refractivity contribution in [3.05, 3.63) is 78.4 Å². The lowest BCUT2D eigenvalue weighted by molar-refractivity contribution is -0.274. The fourth-order valence-corrected chi connectivity index (χ4v) is 3.83. The summed E-state index contributed by atoms with van der Waals surface area (Å²) in [5.74, 6) is -1.94. The molecule has 0 bridgehead atoms. The predicted molar refractivity (Wildman–Crippen MR) is 126 cm³/mol. The highest BCUT2D eigenvalue weighted by Crippen LogP contribution is 2.38. The number of anilines is 2. The van der Waals surface area contributed by atoms with Crippen molar-refractivity contribution in [2.24, 2.45) is 0 Å². The number of ether oxygens (including phenoxy) is 1. The number of halogens is 3. The molecule has 1 aromatic carbocycles. The van der Waals surface area contributed by atoms with Crippen LogP contribution < -0.4 is 15.0 Å². The molecule has 0 saturated carbocycles. The number of pyridine rings is 2. The fraction of sp³-hybridized carbons (Fsp3) is 0.240. The number of hydrogen-bond donors (Lipinski definition) is 1. The first kappa shape index (κ1) is 25.6. The van der Waals surface area contributed by atoms with Crippen LogP contribution in [0.15, 0.2) is 67.1 Å². The van der Waals surface area contributed by atoms with Crippen LogP contribution in [0.2, 0.25) is 0 Å². The van der Waals surface area contributed by atoms with Gasteiger partial charge in [-0.2, -0.15) is 0 Å². The van der Waals surface area contributed by atoms with Gasteiger partial charge in [-0.05, 0) is 61.9 Å². The van der Waals surface area contributed by atoms with Crippen molar-refractivity contribution >= 4 is 29.2 Å². The Morgan fingerprint density at radius 3 is 2.43 bits per heavy atom. The summed E-state index contributed by atoms with van der Waals surface area (Å²) in [6.45, 7) is 3.26. The summed E-state index contributed by atoms with van der Waals surface area (Å²) in [5.41, 5.74) is -0.496. The molecule has 0 unspecified atom stereocenters. The van der Waals surface area contributed by atoms with Gasteiger partial charge in [-0.1, -0.05) is 6.07 Å². The highest BCUT2D eigenvalue weighted by atomic mass is 19.4. The monoisotopic (exact) mass is 513 g/mol. The molecule has 192 valence electrons. The van der Waals surface area contributed by atoms with E-state index in [-0.39, 0.29) is 24.3 Å². The Labute approximate surface area is 209 Å². The van der Waals surface area contributed by atoms with E-state index in [1.807, 2.05) is 0 Å². The number of nitrogens with one attached hydrogen (secondary N) is 1. The van der Waals surface area contributed by atoms with Crippen molar-refractivity contribution in [3.63, 3.8) is 0 Å². The van der Waals surface area contributed by atoms with Crippen LogP contribution in [0.1, 0.15) is 25.1 Å². The number of carbonyl (C=O) groups is 3. The lowest BCUT2D eigenvalue weighted by Crippen LogP contribution is -2.43. The molecule has 2 aromatic heterocycles. The standard InChI is InChI=1S/C25H22F3N5O4/c1-24(2)22(35)33(23(36)32(24)15-16-8-11-29-12-9-16)18-6-7-20(37-25(26,27)28)19(14-18)31-21(34)13-17-5-3-4-10-30-17/h3-12,14H,13,15H2,1-2H3,(H,31,34). The predicted octanol–water partition coefficient (Wildman–Crippen LogP) is 4.30. The molecule has 1 N–H and O–H groups in total. The summed E-state index contributed by atoms with van der Waals surface area (Å²) in [6, 6.07) is 10.8. The number of amides is 4. The van der Waals surface area contributed by atoms with Gasteiger partial charge < -0.3 is 15.0 Å². The van der Waals surface area contributed by atoms with E-state index < -0.39 is 35.5 Å². The molecule has 0 aliphatic carbocycles. The van der Waals surface area contributed by atoms with E-state index in [1.54, 1.807) is 56.6 Å². The first-order valence-electron chi connectivity index (χ1n) is 11.1. The zero-order valence-electron chi connectivity index (χ0n) is 19.8. The smallest absolute Gasteiger partial charge is 0.404 e. The highest BCUT2D eigenvalue weighted by molar-refractivity contribution is 6.23. The Bertz CT molecular complexity index is 1320. The summed E-state index contributed by atoms with van der Waals surface area (Å²) in [5, 5.41) is 2.37. The van der Waals surface area contributed by atoms with Gasteiger partial charge in [0.1, 0.15) is 5.54 Å². The molecule has 3 heterocycles. The maximum atomic E-state index is 13.3. The third-order valence-corrected chi connectivity index (χ3v) is 5.70. The number of nitrogens with zero attached hydrogens (tertiary/aromatic N) is 4. The summed E-state index contributed by atoms with van der Waals surface area (Å²) < 4.78 is 43.1. The van der Waals surface area contributed by atoms with Crippen LogP contribution in [0.25, 0.3) is 0 Å². The van der Waals surface area contributed by atoms with E-state index in [9.17, 15) is 27.6 Å². The number of imide groups is 1. The molecular formula is C25H22F3N5O4. The molecule has 0 spiro atoms. The van der Waals surface area contributed by atoms with Crippen molar-refractivity contribution in [1.82, 2.24) is 14.9 Å². The minimum atomic E-state index is -5.04. The molecule has 0 atom stereocenters. The summed E-state index contributed by atoms with van der Waals surface area (Å²) in [4.78, 5) is 49.4. The van der Waals surface area contributed by atoms with E-state index in [0.29, 0.717) is 5.69 Å². The van der Waals surface area contributed by atoms with Gasteiger partial charge in [0.25, 0.3) is 5.91 Å². The van der Waals surface area contributed by atoms with Gasteiger partial charge in [-0.25, -0.2) is 9.69 Å². The molecule has 37 heavy (non-hydrogen) atoms. The summed E-state index contributed by atoms with van der Waals surface area (Å²) in [7, 11) is 0. The molecule has 0 radical (unpaired) electrons. The van der Waals surface area contributed by atoms with Gasteiger partial charge in [-0.3, -0.25) is 19.6 Å². The third-order valence-electron chi connectivity index (χ3n) is 5.70. The number of rotatable bonds is 7. The topological polar surface area (TPSA) is 105 Å². The van der Waals surface area contributed by atoms with Crippen LogP contribution in [0.3, 0.4) is 0 Å². The number of aromatic nitrogens is 2. The van der Waals surface area contributed by atoms with E-state index >= 15 is 0 Å². The zero-order valence-corrected chi connectivity index (χ0v) is 19.8. The van der Waals surface area contributed by atoms with Crippen molar-refractivity contribution in [2.75, 3.05) is 10.2 Å².